The van der Waals surface area contributed by atoms with Crippen molar-refractivity contribution in [1.82, 2.24) is 0 Å². The van der Waals surface area contributed by atoms with Crippen LogP contribution in [-0.4, -0.2) is 5.11 Å². The Bertz CT molecular complexity index is 817. The molecule has 0 saturated carbocycles. The van der Waals surface area contributed by atoms with E-state index in [1.807, 2.05) is 36.4 Å². The van der Waals surface area contributed by atoms with Gasteiger partial charge in [0, 0.05) is 25.5 Å². The van der Waals surface area contributed by atoms with Crippen LogP contribution in [0.5, 0.6) is 0 Å². The molecule has 3 aromatic carbocycles. The zero-order valence-electron chi connectivity index (χ0n) is 10.9. The zero-order chi connectivity index (χ0) is 15.0. The summed E-state index contributed by atoms with van der Waals surface area (Å²) in [5, 5.41) is 13.9. The maximum Gasteiger partial charge on any atom is 0.106 e. The van der Waals surface area contributed by atoms with E-state index in [0.29, 0.717) is 10.0 Å². The number of rotatable bonds is 2. The van der Waals surface area contributed by atoms with E-state index in [1.54, 1.807) is 18.2 Å². The van der Waals surface area contributed by atoms with Crippen molar-refractivity contribution < 1.29 is 5.11 Å². The smallest absolute Gasteiger partial charge is 0.106 e. The molecule has 0 radical (unpaired) electrons. The first-order valence-electron chi connectivity index (χ1n) is 6.38. The number of aliphatic hydroxyl groups excluding tert-OH is 1. The maximum atomic E-state index is 10.8. The molecule has 21 heavy (non-hydrogen) atoms. The molecule has 0 aliphatic rings. The van der Waals surface area contributed by atoms with Crippen molar-refractivity contribution in [3.8, 4) is 0 Å². The summed E-state index contributed by atoms with van der Waals surface area (Å²) in [6.45, 7) is 0. The second-order valence-electron chi connectivity index (χ2n) is 4.75. The molecule has 0 aromatic heterocycles. The molecule has 0 heterocycles. The second-order valence-corrected chi connectivity index (χ2v) is 6.45. The van der Waals surface area contributed by atoms with E-state index in [4.69, 9.17) is 23.2 Å². The van der Waals surface area contributed by atoms with Crippen molar-refractivity contribution in [2.24, 2.45) is 0 Å². The average Bonchev–Trinajstić information content (AvgIpc) is 2.50. The zero-order valence-corrected chi connectivity index (χ0v) is 14.0. The normalized spacial score (nSPS) is 12.6. The lowest BCUT2D eigenvalue weighted by Gasteiger charge is -2.16. The number of halogens is 3. The topological polar surface area (TPSA) is 20.2 Å². The molecule has 1 unspecified atom stereocenters. The highest BCUT2D eigenvalue weighted by atomic mass is 79.9. The van der Waals surface area contributed by atoms with E-state index in [9.17, 15) is 5.11 Å². The minimum atomic E-state index is -0.778. The van der Waals surface area contributed by atoms with Crippen molar-refractivity contribution >= 4 is 49.9 Å². The van der Waals surface area contributed by atoms with E-state index in [2.05, 4.69) is 15.9 Å². The van der Waals surface area contributed by atoms with Crippen LogP contribution in [0, 0.1) is 0 Å². The van der Waals surface area contributed by atoms with E-state index in [1.165, 1.54) is 0 Å². The summed E-state index contributed by atoms with van der Waals surface area (Å²) in [6, 6.07) is 16.8. The van der Waals surface area contributed by atoms with Gasteiger partial charge < -0.3 is 5.11 Å². The first kappa shape index (κ1) is 14.9. The molecule has 0 spiro atoms. The molecular weight excluding hydrogens is 371 g/mol. The van der Waals surface area contributed by atoms with Gasteiger partial charge in [-0.25, -0.2) is 0 Å². The van der Waals surface area contributed by atoms with Crippen LogP contribution >= 0.6 is 39.1 Å². The van der Waals surface area contributed by atoms with E-state index in [0.717, 1.165) is 26.4 Å². The third-order valence-corrected chi connectivity index (χ3v) is 4.74. The van der Waals surface area contributed by atoms with Gasteiger partial charge in [0.15, 0.2) is 0 Å². The minimum absolute atomic E-state index is 0.588. The summed E-state index contributed by atoms with van der Waals surface area (Å²) in [5.41, 5.74) is 1.54. The molecule has 0 aliphatic heterocycles. The van der Waals surface area contributed by atoms with Gasteiger partial charge in [-0.05, 0) is 35.2 Å². The Morgan fingerprint density at radius 3 is 2.33 bits per heavy atom. The molecule has 0 amide bonds. The van der Waals surface area contributed by atoms with Crippen LogP contribution in [0.15, 0.2) is 59.1 Å². The van der Waals surface area contributed by atoms with Gasteiger partial charge in [0.05, 0.1) is 0 Å². The fourth-order valence-corrected chi connectivity index (χ4v) is 3.29. The Hall–Kier alpha value is -1.06. The van der Waals surface area contributed by atoms with Crippen LogP contribution < -0.4 is 0 Å². The Kier molecular flexibility index (Phi) is 4.23. The highest BCUT2D eigenvalue weighted by Gasteiger charge is 2.17. The molecule has 3 rings (SSSR count). The molecule has 1 N–H and O–H groups in total. The molecule has 0 bridgehead atoms. The van der Waals surface area contributed by atoms with Crippen LogP contribution in [0.4, 0.5) is 0 Å². The van der Waals surface area contributed by atoms with Crippen LogP contribution in [0.2, 0.25) is 10.0 Å². The average molecular weight is 382 g/mol. The number of hydrogen-bond donors (Lipinski definition) is 1. The number of benzene rings is 3. The van der Waals surface area contributed by atoms with Crippen LogP contribution in [0.1, 0.15) is 17.2 Å². The maximum absolute atomic E-state index is 10.8. The molecule has 0 fully saturated rings. The summed E-state index contributed by atoms with van der Waals surface area (Å²) in [6.07, 6.45) is -0.778. The van der Waals surface area contributed by atoms with Gasteiger partial charge in [-0.2, -0.15) is 0 Å². The first-order chi connectivity index (χ1) is 10.1. The molecule has 0 saturated heterocycles. The molecule has 1 atom stereocenters. The van der Waals surface area contributed by atoms with Crippen molar-refractivity contribution in [2.45, 2.75) is 6.10 Å². The Labute approximate surface area is 141 Å². The third kappa shape index (κ3) is 2.82. The van der Waals surface area contributed by atoms with Gasteiger partial charge >= 0.3 is 0 Å². The van der Waals surface area contributed by atoms with Gasteiger partial charge in [0.2, 0.25) is 0 Å². The van der Waals surface area contributed by atoms with Crippen LogP contribution in [0.3, 0.4) is 0 Å². The predicted octanol–water partition coefficient (Wildman–Crippen LogP) is 5.99. The molecule has 1 nitrogen and oxygen atoms in total. The van der Waals surface area contributed by atoms with E-state index in [-0.39, 0.29) is 0 Å². The summed E-state index contributed by atoms with van der Waals surface area (Å²) < 4.78 is 0.818. The fourth-order valence-electron chi connectivity index (χ4n) is 2.42. The highest BCUT2D eigenvalue weighted by Crippen LogP contribution is 2.36. The van der Waals surface area contributed by atoms with Crippen molar-refractivity contribution in [2.75, 3.05) is 0 Å². The minimum Gasteiger partial charge on any atom is -0.384 e. The Morgan fingerprint density at radius 1 is 0.857 bits per heavy atom. The predicted molar refractivity (Wildman–Crippen MR) is 92.2 cm³/mol. The van der Waals surface area contributed by atoms with Gasteiger partial charge in [-0.1, -0.05) is 69.5 Å². The summed E-state index contributed by atoms with van der Waals surface area (Å²) in [5.74, 6) is 0. The van der Waals surface area contributed by atoms with Gasteiger partial charge in [0.25, 0.3) is 0 Å². The molecule has 3 aromatic rings. The Balaban J connectivity index is 2.20. The molecule has 0 aliphatic carbocycles. The van der Waals surface area contributed by atoms with Crippen molar-refractivity contribution in [3.05, 3.63) is 80.2 Å². The lowest BCUT2D eigenvalue weighted by atomic mass is 9.96. The second kappa shape index (κ2) is 5.98. The lowest BCUT2D eigenvalue weighted by molar-refractivity contribution is 0.221. The SMILES string of the molecule is OC(c1cc(Cl)ccc1Br)c1ccc(Cl)c2ccccc12. The largest absolute Gasteiger partial charge is 0.384 e. The lowest BCUT2D eigenvalue weighted by Crippen LogP contribution is -2.02. The van der Waals surface area contributed by atoms with Gasteiger partial charge in [0.1, 0.15) is 6.10 Å². The molecule has 106 valence electrons. The van der Waals surface area contributed by atoms with Gasteiger partial charge in [-0.15, -0.1) is 0 Å². The van der Waals surface area contributed by atoms with Gasteiger partial charge in [-0.3, -0.25) is 0 Å². The number of fused-ring (bicyclic) bond motifs is 1. The van der Waals surface area contributed by atoms with E-state index < -0.39 is 6.10 Å². The monoisotopic (exact) mass is 380 g/mol. The van der Waals surface area contributed by atoms with Crippen LogP contribution in [-0.2, 0) is 0 Å². The quantitative estimate of drug-likeness (QED) is 0.577. The van der Waals surface area contributed by atoms with Crippen molar-refractivity contribution in [1.29, 1.82) is 0 Å². The summed E-state index contributed by atoms with van der Waals surface area (Å²) in [4.78, 5) is 0. The van der Waals surface area contributed by atoms with E-state index >= 15 is 0 Å². The third-order valence-electron chi connectivity index (χ3n) is 3.45. The molecular formula is C17H11BrCl2O. The highest BCUT2D eigenvalue weighted by molar-refractivity contribution is 9.10. The number of aliphatic hydroxyl groups is 1. The van der Waals surface area contributed by atoms with Crippen molar-refractivity contribution in [3.63, 3.8) is 0 Å². The Morgan fingerprint density at radius 2 is 1.57 bits per heavy atom. The standard InChI is InChI=1S/C17H11BrCl2O/c18-15-7-5-10(19)9-14(15)17(21)13-6-8-16(20)12-4-2-1-3-11(12)13/h1-9,17,21H. The number of hydrogen-bond acceptors (Lipinski definition) is 1. The van der Waals surface area contributed by atoms with Crippen LogP contribution in [0.25, 0.3) is 10.8 Å². The first-order valence-corrected chi connectivity index (χ1v) is 7.93. The fraction of sp³-hybridized carbons (Fsp3) is 0.0588. The summed E-state index contributed by atoms with van der Waals surface area (Å²) in [7, 11) is 0. The summed E-state index contributed by atoms with van der Waals surface area (Å²) >= 11 is 15.7. The molecule has 4 heteroatoms.